The van der Waals surface area contributed by atoms with Crippen LogP contribution in [0.25, 0.3) is 0 Å². The molecule has 2 fully saturated rings. The molecule has 2 aromatic carbocycles. The zero-order valence-corrected chi connectivity index (χ0v) is 19.0. The number of carbonyl (C=O) groups excluding carboxylic acids is 3. The minimum absolute atomic E-state index is 0.270. The van der Waals surface area contributed by atoms with Gasteiger partial charge in [-0.15, -0.1) is 11.3 Å². The van der Waals surface area contributed by atoms with Crippen LogP contribution in [0.15, 0.2) is 66.0 Å². The Morgan fingerprint density at radius 3 is 2.45 bits per heavy atom. The minimum atomic E-state index is -0.922. The van der Waals surface area contributed by atoms with Crippen LogP contribution in [-0.2, 0) is 19.2 Å². The molecule has 0 unspecified atom stereocenters. The average Bonchev–Trinajstić information content (AvgIpc) is 3.52. The van der Waals surface area contributed by atoms with E-state index >= 15 is 0 Å². The van der Waals surface area contributed by atoms with Crippen LogP contribution < -0.4 is 9.96 Å². The van der Waals surface area contributed by atoms with E-state index in [4.69, 9.17) is 9.57 Å². The first kappa shape index (κ1) is 21.4. The number of benzene rings is 2. The van der Waals surface area contributed by atoms with Crippen LogP contribution in [0, 0.1) is 12.8 Å². The smallest absolute Gasteiger partial charge is 0.338 e. The molecule has 0 bridgehead atoms. The molecule has 2 aliphatic heterocycles. The van der Waals surface area contributed by atoms with E-state index in [0.29, 0.717) is 11.3 Å². The average molecular weight is 463 g/mol. The second-order valence-electron chi connectivity index (χ2n) is 7.90. The number of hydrogen-bond acceptors (Lipinski definition) is 7. The lowest BCUT2D eigenvalue weighted by Crippen LogP contribution is -2.37. The summed E-state index contributed by atoms with van der Waals surface area (Å²) in [7, 11) is 0. The van der Waals surface area contributed by atoms with Crippen molar-refractivity contribution in [1.29, 1.82) is 0 Å². The highest BCUT2D eigenvalue weighted by atomic mass is 32.1. The highest BCUT2D eigenvalue weighted by molar-refractivity contribution is 7.10. The number of carbonyl (C=O) groups is 3. The van der Waals surface area contributed by atoms with E-state index < -0.39 is 29.9 Å². The predicted octanol–water partition coefficient (Wildman–Crippen LogP) is 4.28. The van der Waals surface area contributed by atoms with Crippen molar-refractivity contribution >= 4 is 40.5 Å². The molecule has 2 aliphatic rings. The summed E-state index contributed by atoms with van der Waals surface area (Å²) in [5, 5.41) is 3.67. The van der Waals surface area contributed by atoms with Gasteiger partial charge >= 0.3 is 5.97 Å². The van der Waals surface area contributed by atoms with E-state index in [2.05, 4.69) is 0 Å². The minimum Gasteiger partial charge on any atom is -0.462 e. The summed E-state index contributed by atoms with van der Waals surface area (Å²) in [6, 6.07) is 17.5. The number of hydroxylamine groups is 1. The maximum atomic E-state index is 13.6. The molecule has 8 heteroatoms. The molecule has 0 saturated carbocycles. The van der Waals surface area contributed by atoms with Gasteiger partial charge < -0.3 is 4.74 Å². The van der Waals surface area contributed by atoms with Crippen LogP contribution in [-0.4, -0.2) is 30.5 Å². The predicted molar refractivity (Wildman–Crippen MR) is 124 cm³/mol. The Morgan fingerprint density at radius 1 is 1.03 bits per heavy atom. The van der Waals surface area contributed by atoms with Crippen LogP contribution in [0.4, 0.5) is 11.4 Å². The van der Waals surface area contributed by atoms with Gasteiger partial charge in [-0.25, -0.2) is 14.8 Å². The summed E-state index contributed by atoms with van der Waals surface area (Å²) in [5.74, 6) is -1.86. The monoisotopic (exact) mass is 462 g/mol. The van der Waals surface area contributed by atoms with E-state index in [1.165, 1.54) is 16.2 Å². The zero-order valence-electron chi connectivity index (χ0n) is 18.1. The van der Waals surface area contributed by atoms with E-state index in [1.54, 1.807) is 36.3 Å². The maximum Gasteiger partial charge on any atom is 0.338 e. The number of thiophene rings is 1. The number of aryl methyl sites for hydroxylation is 1. The van der Waals surface area contributed by atoms with Gasteiger partial charge in [0, 0.05) is 4.88 Å². The molecule has 7 nitrogen and oxygen atoms in total. The van der Waals surface area contributed by atoms with Crippen molar-refractivity contribution in [3.05, 3.63) is 82.0 Å². The number of hydrogen-bond donors (Lipinski definition) is 0. The summed E-state index contributed by atoms with van der Waals surface area (Å²) >= 11 is 1.53. The molecule has 3 atom stereocenters. The Bertz CT molecular complexity index is 1210. The molecule has 0 aliphatic carbocycles. The van der Waals surface area contributed by atoms with Gasteiger partial charge in [0.15, 0.2) is 6.10 Å². The fourth-order valence-corrected chi connectivity index (χ4v) is 5.25. The lowest BCUT2D eigenvalue weighted by molar-refractivity contribution is -0.126. The lowest BCUT2D eigenvalue weighted by Gasteiger charge is -2.29. The van der Waals surface area contributed by atoms with Gasteiger partial charge in [-0.2, -0.15) is 0 Å². The number of para-hydroxylation sites is 1. The molecular weight excluding hydrogens is 440 g/mol. The van der Waals surface area contributed by atoms with E-state index in [0.717, 1.165) is 16.1 Å². The standard InChI is InChI=1S/C25H22N2O5S/c1-3-31-25(30)16-10-12-17(13-11-16)26-23(28)20-21(19-9-6-14-33-19)27(32-22(20)24(26)29)18-8-5-4-7-15(18)2/h4-14,20-22H,3H2,1-2H3/t20-,21+,22-/m0/s1. The van der Waals surface area contributed by atoms with Gasteiger partial charge in [-0.1, -0.05) is 24.3 Å². The van der Waals surface area contributed by atoms with Crippen molar-refractivity contribution in [2.24, 2.45) is 5.92 Å². The molecule has 168 valence electrons. The van der Waals surface area contributed by atoms with Crippen molar-refractivity contribution in [3.8, 4) is 0 Å². The molecule has 2 amide bonds. The van der Waals surface area contributed by atoms with E-state index in [-0.39, 0.29) is 12.5 Å². The SMILES string of the molecule is CCOC(=O)c1ccc(N2C(=O)[C@@H]3[C@H](ON(c4ccccc4C)[C@@H]3c3cccs3)C2=O)cc1. The number of esters is 1. The highest BCUT2D eigenvalue weighted by Gasteiger charge is 2.60. The first-order valence-corrected chi connectivity index (χ1v) is 11.6. The summed E-state index contributed by atoms with van der Waals surface area (Å²) in [6.45, 7) is 3.97. The topological polar surface area (TPSA) is 76.2 Å². The van der Waals surface area contributed by atoms with Gasteiger partial charge in [0.1, 0.15) is 12.0 Å². The molecule has 1 aromatic heterocycles. The van der Waals surface area contributed by atoms with Crippen molar-refractivity contribution < 1.29 is 24.0 Å². The molecule has 0 radical (unpaired) electrons. The van der Waals surface area contributed by atoms with Crippen molar-refractivity contribution in [3.63, 3.8) is 0 Å². The number of anilines is 2. The van der Waals surface area contributed by atoms with Gasteiger partial charge in [-0.3, -0.25) is 14.4 Å². The third kappa shape index (κ3) is 3.51. The van der Waals surface area contributed by atoms with Crippen LogP contribution in [0.2, 0.25) is 0 Å². The van der Waals surface area contributed by atoms with Crippen molar-refractivity contribution in [2.75, 3.05) is 16.6 Å². The second-order valence-corrected chi connectivity index (χ2v) is 8.88. The number of imide groups is 1. The molecule has 3 aromatic rings. The summed E-state index contributed by atoms with van der Waals surface area (Å²) < 4.78 is 5.00. The second kappa shape index (κ2) is 8.46. The van der Waals surface area contributed by atoms with Gasteiger partial charge in [-0.05, 0) is 61.2 Å². The molecule has 2 saturated heterocycles. The summed E-state index contributed by atoms with van der Waals surface area (Å²) in [4.78, 5) is 47.2. The molecule has 3 heterocycles. The van der Waals surface area contributed by atoms with Crippen LogP contribution >= 0.6 is 11.3 Å². The molecule has 0 spiro atoms. The number of rotatable bonds is 5. The van der Waals surface area contributed by atoms with Gasteiger partial charge in [0.05, 0.1) is 23.5 Å². The van der Waals surface area contributed by atoms with E-state index in [9.17, 15) is 14.4 Å². The van der Waals surface area contributed by atoms with Crippen LogP contribution in [0.1, 0.15) is 33.8 Å². The maximum absolute atomic E-state index is 13.6. The number of ether oxygens (including phenoxy) is 1. The molecule has 5 rings (SSSR count). The quantitative estimate of drug-likeness (QED) is 0.416. The third-order valence-corrected chi connectivity index (χ3v) is 6.88. The fraction of sp³-hybridized carbons (Fsp3) is 0.240. The lowest BCUT2D eigenvalue weighted by atomic mass is 9.95. The van der Waals surface area contributed by atoms with Crippen molar-refractivity contribution in [2.45, 2.75) is 26.0 Å². The number of nitrogens with zero attached hydrogens (tertiary/aromatic N) is 2. The number of fused-ring (bicyclic) bond motifs is 1. The molecule has 33 heavy (non-hydrogen) atoms. The zero-order chi connectivity index (χ0) is 23.1. The largest absolute Gasteiger partial charge is 0.462 e. The summed E-state index contributed by atoms with van der Waals surface area (Å²) in [5.41, 5.74) is 2.59. The Balaban J connectivity index is 1.49. The van der Waals surface area contributed by atoms with E-state index in [1.807, 2.05) is 48.7 Å². The first-order valence-electron chi connectivity index (χ1n) is 10.7. The fourth-order valence-electron chi connectivity index (χ4n) is 4.40. The van der Waals surface area contributed by atoms with Gasteiger partial charge in [0.25, 0.3) is 5.91 Å². The number of amides is 2. The first-order chi connectivity index (χ1) is 16.0. The Kier molecular flexibility index (Phi) is 5.47. The third-order valence-electron chi connectivity index (χ3n) is 5.94. The van der Waals surface area contributed by atoms with Crippen molar-refractivity contribution in [1.82, 2.24) is 0 Å². The highest BCUT2D eigenvalue weighted by Crippen LogP contribution is 2.49. The molecular formula is C25H22N2O5S. The normalized spacial score (nSPS) is 22.1. The Hall–Kier alpha value is -3.49. The molecule has 0 N–H and O–H groups in total. The summed E-state index contributed by atoms with van der Waals surface area (Å²) in [6.07, 6.45) is -0.922. The Labute approximate surface area is 195 Å². The Morgan fingerprint density at radius 2 is 1.79 bits per heavy atom. The van der Waals surface area contributed by atoms with Crippen LogP contribution in [0.5, 0.6) is 0 Å². The van der Waals surface area contributed by atoms with Gasteiger partial charge in [0.2, 0.25) is 5.91 Å². The van der Waals surface area contributed by atoms with Crippen LogP contribution in [0.3, 0.4) is 0 Å².